The number of nitrogens with zero attached hydrogens (tertiary/aromatic N) is 2. The van der Waals surface area contributed by atoms with E-state index in [1.807, 2.05) is 0 Å². The second-order valence-electron chi connectivity index (χ2n) is 2.32. The number of alkyl halides is 2. The third-order valence-electron chi connectivity index (χ3n) is 1.49. The number of rotatable bonds is 2. The van der Waals surface area contributed by atoms with E-state index in [2.05, 4.69) is 20.9 Å². The van der Waals surface area contributed by atoms with E-state index in [0.717, 1.165) is 6.07 Å². The number of hydrogen-bond acceptors (Lipinski definition) is 3. The lowest BCUT2D eigenvalue weighted by Crippen LogP contribution is -1.97. The van der Waals surface area contributed by atoms with Crippen LogP contribution in [0.25, 0.3) is 0 Å². The van der Waals surface area contributed by atoms with E-state index in [1.165, 1.54) is 7.11 Å². The molecule has 0 aromatic carbocycles. The molecule has 0 N–H and O–H groups in total. The van der Waals surface area contributed by atoms with Crippen molar-refractivity contribution in [2.24, 2.45) is 0 Å². The van der Waals surface area contributed by atoms with E-state index < -0.39 is 12.1 Å². The molecule has 0 aliphatic carbocycles. The van der Waals surface area contributed by atoms with Crippen LogP contribution in [0.15, 0.2) is 10.5 Å². The highest BCUT2D eigenvalue weighted by atomic mass is 79.9. The van der Waals surface area contributed by atoms with Crippen molar-refractivity contribution in [3.63, 3.8) is 0 Å². The molecule has 14 heavy (non-hydrogen) atoms. The van der Waals surface area contributed by atoms with Gasteiger partial charge in [0, 0.05) is 6.07 Å². The summed E-state index contributed by atoms with van der Waals surface area (Å²) in [6.45, 7) is 0. The number of nitriles is 1. The van der Waals surface area contributed by atoms with Crippen LogP contribution in [0.4, 0.5) is 8.78 Å². The summed E-state index contributed by atoms with van der Waals surface area (Å²) in [6.07, 6.45) is -2.72. The van der Waals surface area contributed by atoms with Crippen molar-refractivity contribution >= 4 is 15.9 Å². The monoisotopic (exact) mass is 262 g/mol. The van der Waals surface area contributed by atoms with Gasteiger partial charge in [-0.15, -0.1) is 0 Å². The van der Waals surface area contributed by atoms with Crippen molar-refractivity contribution in [3.8, 4) is 11.8 Å². The van der Waals surface area contributed by atoms with Gasteiger partial charge in [0.05, 0.1) is 11.6 Å². The van der Waals surface area contributed by atoms with Crippen molar-refractivity contribution in [3.05, 3.63) is 21.9 Å². The first kappa shape index (κ1) is 10.9. The first-order valence-electron chi connectivity index (χ1n) is 3.52. The summed E-state index contributed by atoms with van der Waals surface area (Å²) in [5.74, 6) is 0.173. The van der Waals surface area contributed by atoms with E-state index in [0.29, 0.717) is 0 Å². The van der Waals surface area contributed by atoms with Crippen molar-refractivity contribution in [1.29, 1.82) is 5.26 Å². The summed E-state index contributed by atoms with van der Waals surface area (Å²) >= 11 is 3.03. The minimum Gasteiger partial charge on any atom is -0.495 e. The Kier molecular flexibility index (Phi) is 3.36. The summed E-state index contributed by atoms with van der Waals surface area (Å²) in [5.41, 5.74) is -0.582. The average Bonchev–Trinajstić information content (AvgIpc) is 2.17. The lowest BCUT2D eigenvalue weighted by molar-refractivity contribution is 0.145. The third-order valence-corrected chi connectivity index (χ3v) is 2.26. The first-order valence-corrected chi connectivity index (χ1v) is 4.32. The molecule has 0 saturated carbocycles. The lowest BCUT2D eigenvalue weighted by Gasteiger charge is -2.06. The highest BCUT2D eigenvalue weighted by molar-refractivity contribution is 9.10. The Bertz CT molecular complexity index is 390. The molecule has 0 unspecified atom stereocenters. The zero-order chi connectivity index (χ0) is 10.7. The van der Waals surface area contributed by atoms with Gasteiger partial charge < -0.3 is 4.74 Å². The molecule has 74 valence electrons. The average molecular weight is 263 g/mol. The quantitative estimate of drug-likeness (QED) is 0.823. The summed E-state index contributed by atoms with van der Waals surface area (Å²) < 4.78 is 29.7. The molecule has 0 saturated heterocycles. The van der Waals surface area contributed by atoms with Crippen molar-refractivity contribution in [2.75, 3.05) is 7.11 Å². The summed E-state index contributed by atoms with van der Waals surface area (Å²) in [6, 6.07) is 2.79. The largest absolute Gasteiger partial charge is 0.495 e. The summed E-state index contributed by atoms with van der Waals surface area (Å²) in [7, 11) is 1.33. The summed E-state index contributed by atoms with van der Waals surface area (Å²) in [4.78, 5) is 3.46. The van der Waals surface area contributed by atoms with Crippen molar-refractivity contribution < 1.29 is 13.5 Å². The molecule has 0 radical (unpaired) electrons. The Morgan fingerprint density at radius 1 is 1.64 bits per heavy atom. The van der Waals surface area contributed by atoms with Crippen LogP contribution in [0, 0.1) is 11.3 Å². The van der Waals surface area contributed by atoms with E-state index in [-0.39, 0.29) is 15.9 Å². The Morgan fingerprint density at radius 2 is 2.29 bits per heavy atom. The Morgan fingerprint density at radius 3 is 2.71 bits per heavy atom. The molecule has 0 amide bonds. The lowest BCUT2D eigenvalue weighted by atomic mass is 10.3. The normalized spacial score (nSPS) is 10.0. The number of methoxy groups -OCH3 is 1. The van der Waals surface area contributed by atoms with Crippen molar-refractivity contribution in [2.45, 2.75) is 6.43 Å². The second-order valence-corrected chi connectivity index (χ2v) is 3.12. The minimum atomic E-state index is -2.72. The van der Waals surface area contributed by atoms with Gasteiger partial charge in [-0.1, -0.05) is 0 Å². The molecule has 0 aliphatic rings. The zero-order valence-corrected chi connectivity index (χ0v) is 8.68. The molecule has 0 fully saturated rings. The molecule has 6 heteroatoms. The Hall–Kier alpha value is -1.22. The van der Waals surface area contributed by atoms with Crippen LogP contribution in [-0.2, 0) is 0 Å². The van der Waals surface area contributed by atoms with Gasteiger partial charge in [0.2, 0.25) is 0 Å². The van der Waals surface area contributed by atoms with Crippen LogP contribution >= 0.6 is 15.9 Å². The molecule has 1 aromatic heterocycles. The highest BCUT2D eigenvalue weighted by Crippen LogP contribution is 2.30. The van der Waals surface area contributed by atoms with Gasteiger partial charge >= 0.3 is 0 Å². The molecule has 0 bridgehead atoms. The number of halogens is 3. The molecule has 3 nitrogen and oxygen atoms in total. The van der Waals surface area contributed by atoms with Crippen molar-refractivity contribution in [1.82, 2.24) is 4.98 Å². The third kappa shape index (κ3) is 1.99. The minimum absolute atomic E-state index is 0.111. The molecular weight excluding hydrogens is 258 g/mol. The maximum atomic E-state index is 12.3. The molecule has 0 spiro atoms. The predicted molar refractivity (Wildman–Crippen MR) is 48.2 cm³/mol. The topological polar surface area (TPSA) is 45.9 Å². The second kappa shape index (κ2) is 4.33. The Labute approximate surface area is 87.5 Å². The SMILES string of the molecule is COc1cc(C(F)F)nc(C#N)c1Br. The van der Waals surface area contributed by atoms with E-state index in [1.54, 1.807) is 6.07 Å². The number of pyridine rings is 1. The fourth-order valence-corrected chi connectivity index (χ4v) is 1.31. The van der Waals surface area contributed by atoms with Crippen LogP contribution in [0.5, 0.6) is 5.75 Å². The van der Waals surface area contributed by atoms with Gasteiger partial charge in [-0.25, -0.2) is 13.8 Å². The fraction of sp³-hybridized carbons (Fsp3) is 0.250. The standard InChI is InChI=1S/C8H5BrF2N2O/c1-14-6-2-4(8(10)11)13-5(3-12)7(6)9/h2,8H,1H3. The van der Waals surface area contributed by atoms with E-state index >= 15 is 0 Å². The maximum absolute atomic E-state index is 12.3. The van der Waals surface area contributed by atoms with Gasteiger partial charge in [0.1, 0.15) is 17.5 Å². The van der Waals surface area contributed by atoms with Gasteiger partial charge in [-0.05, 0) is 15.9 Å². The van der Waals surface area contributed by atoms with Gasteiger partial charge in [-0.3, -0.25) is 0 Å². The maximum Gasteiger partial charge on any atom is 0.280 e. The molecule has 0 atom stereocenters. The zero-order valence-electron chi connectivity index (χ0n) is 7.09. The van der Waals surface area contributed by atoms with E-state index in [9.17, 15) is 8.78 Å². The smallest absolute Gasteiger partial charge is 0.280 e. The molecule has 0 aliphatic heterocycles. The van der Waals surface area contributed by atoms with Crippen LogP contribution in [0.3, 0.4) is 0 Å². The predicted octanol–water partition coefficient (Wildman–Crippen LogP) is 2.66. The molecule has 1 rings (SSSR count). The van der Waals surface area contributed by atoms with Gasteiger partial charge in [-0.2, -0.15) is 5.26 Å². The number of aromatic nitrogens is 1. The molecule has 1 aromatic rings. The summed E-state index contributed by atoms with van der Waals surface area (Å²) in [5, 5.41) is 8.60. The molecule has 1 heterocycles. The number of hydrogen-bond donors (Lipinski definition) is 0. The van der Waals surface area contributed by atoms with Gasteiger partial charge in [0.15, 0.2) is 5.69 Å². The van der Waals surface area contributed by atoms with E-state index in [4.69, 9.17) is 10.00 Å². The first-order chi connectivity index (χ1) is 6.60. The fourth-order valence-electron chi connectivity index (χ4n) is 0.859. The molecular formula is C8H5BrF2N2O. The Balaban J connectivity index is 3.34. The van der Waals surface area contributed by atoms with Crippen LogP contribution in [0.2, 0.25) is 0 Å². The van der Waals surface area contributed by atoms with Crippen LogP contribution in [-0.4, -0.2) is 12.1 Å². The van der Waals surface area contributed by atoms with Crippen LogP contribution < -0.4 is 4.74 Å². The van der Waals surface area contributed by atoms with Crippen LogP contribution in [0.1, 0.15) is 17.8 Å². The number of ether oxygens (including phenoxy) is 1. The highest BCUT2D eigenvalue weighted by Gasteiger charge is 2.16. The van der Waals surface area contributed by atoms with Gasteiger partial charge in [0.25, 0.3) is 6.43 Å².